The molecule has 0 rings (SSSR count). The van der Waals surface area contributed by atoms with Gasteiger partial charge in [0.05, 0.1) is 0 Å². The summed E-state index contributed by atoms with van der Waals surface area (Å²) in [6.45, 7) is 4.41. The summed E-state index contributed by atoms with van der Waals surface area (Å²) in [7, 11) is 0. The molecule has 0 bridgehead atoms. The summed E-state index contributed by atoms with van der Waals surface area (Å²) in [5, 5.41) is 2.28. The summed E-state index contributed by atoms with van der Waals surface area (Å²) in [5.74, 6) is -0.786. The quantitative estimate of drug-likeness (QED) is 0.338. The number of carbonyl (C=O) groups excluding carboxylic acids is 2. The first kappa shape index (κ1) is 8.68. The van der Waals surface area contributed by atoms with Crippen molar-refractivity contribution in [2.24, 2.45) is 0 Å². The molecule has 0 aromatic rings. The molecular weight excluding hydrogens is 134 g/mol. The second-order valence-electron chi connectivity index (χ2n) is 1.54. The van der Waals surface area contributed by atoms with Gasteiger partial charge >= 0.3 is 5.97 Å². The minimum absolute atomic E-state index is 0.0970. The molecular formula is C6H9NO3. The van der Waals surface area contributed by atoms with Gasteiger partial charge in [0.25, 0.3) is 0 Å². The van der Waals surface area contributed by atoms with Gasteiger partial charge in [0.2, 0.25) is 5.91 Å². The molecule has 0 heterocycles. The van der Waals surface area contributed by atoms with Crippen LogP contribution >= 0.6 is 0 Å². The van der Waals surface area contributed by atoms with E-state index in [1.165, 1.54) is 6.92 Å². The second-order valence-corrected chi connectivity index (χ2v) is 1.54. The highest BCUT2D eigenvalue weighted by Crippen LogP contribution is 1.74. The van der Waals surface area contributed by atoms with Gasteiger partial charge in [-0.2, -0.15) is 0 Å². The van der Waals surface area contributed by atoms with E-state index in [1.807, 2.05) is 0 Å². The van der Waals surface area contributed by atoms with Gasteiger partial charge in [-0.05, 0) is 0 Å². The van der Waals surface area contributed by atoms with Crippen molar-refractivity contribution in [2.45, 2.75) is 6.92 Å². The first-order chi connectivity index (χ1) is 4.66. The van der Waals surface area contributed by atoms with Crippen LogP contribution < -0.4 is 5.32 Å². The number of hydrogen-bond acceptors (Lipinski definition) is 3. The number of hydrogen-bond donors (Lipinski definition) is 1. The molecule has 0 aliphatic rings. The van der Waals surface area contributed by atoms with Crippen molar-refractivity contribution >= 4 is 11.9 Å². The Morgan fingerprint density at radius 2 is 2.30 bits per heavy atom. The maximum absolute atomic E-state index is 10.3. The maximum Gasteiger partial charge on any atom is 0.331 e. The fraction of sp³-hybridized carbons (Fsp3) is 0.333. The second kappa shape index (κ2) is 4.55. The third kappa shape index (κ3) is 4.83. The Kier molecular flexibility index (Phi) is 3.95. The zero-order valence-electron chi connectivity index (χ0n) is 5.72. The third-order valence-electron chi connectivity index (χ3n) is 0.702. The lowest BCUT2D eigenvalue weighted by atomic mass is 10.7. The normalized spacial score (nSPS) is 8.10. The van der Waals surface area contributed by atoms with E-state index in [2.05, 4.69) is 16.6 Å². The molecule has 0 aromatic carbocycles. The van der Waals surface area contributed by atoms with E-state index in [4.69, 9.17) is 0 Å². The van der Waals surface area contributed by atoms with Crippen LogP contribution in [0.25, 0.3) is 0 Å². The largest absolute Gasteiger partial charge is 0.441 e. The van der Waals surface area contributed by atoms with Crippen molar-refractivity contribution in [1.82, 2.24) is 5.32 Å². The van der Waals surface area contributed by atoms with Gasteiger partial charge in [-0.3, -0.25) is 4.79 Å². The molecule has 4 nitrogen and oxygen atoms in total. The van der Waals surface area contributed by atoms with E-state index >= 15 is 0 Å². The summed E-state index contributed by atoms with van der Waals surface area (Å²) >= 11 is 0. The Balaban J connectivity index is 3.28. The summed E-state index contributed by atoms with van der Waals surface area (Å²) in [5.41, 5.74) is 0. The lowest BCUT2D eigenvalue weighted by molar-refractivity contribution is -0.139. The first-order valence-corrected chi connectivity index (χ1v) is 2.70. The van der Waals surface area contributed by atoms with Gasteiger partial charge in [-0.1, -0.05) is 6.58 Å². The number of rotatable bonds is 3. The predicted molar refractivity (Wildman–Crippen MR) is 35.0 cm³/mol. The van der Waals surface area contributed by atoms with Crippen LogP contribution in [0, 0.1) is 0 Å². The molecule has 0 saturated carbocycles. The lowest BCUT2D eigenvalue weighted by Crippen LogP contribution is -2.24. The topological polar surface area (TPSA) is 55.4 Å². The Labute approximate surface area is 58.9 Å². The fourth-order valence-corrected chi connectivity index (χ4v) is 0.268. The molecule has 0 aromatic heterocycles. The first-order valence-electron chi connectivity index (χ1n) is 2.70. The van der Waals surface area contributed by atoms with Crippen LogP contribution in [-0.4, -0.2) is 18.6 Å². The van der Waals surface area contributed by atoms with Crippen molar-refractivity contribution in [3.8, 4) is 0 Å². The highest BCUT2D eigenvalue weighted by Gasteiger charge is 1.93. The highest BCUT2D eigenvalue weighted by atomic mass is 16.5. The van der Waals surface area contributed by atoms with E-state index in [0.29, 0.717) is 0 Å². The Hall–Kier alpha value is -1.32. The zero-order chi connectivity index (χ0) is 7.98. The maximum atomic E-state index is 10.3. The molecule has 0 saturated heterocycles. The standard InChI is InChI=1S/C6H9NO3/c1-3-6(9)10-4-7-5(2)8/h3H,1,4H2,2H3,(H,7,8). The fourth-order valence-electron chi connectivity index (χ4n) is 0.268. The molecule has 10 heavy (non-hydrogen) atoms. The van der Waals surface area contributed by atoms with Crippen molar-refractivity contribution in [3.63, 3.8) is 0 Å². The zero-order valence-corrected chi connectivity index (χ0v) is 5.72. The average Bonchev–Trinajstić information content (AvgIpc) is 1.87. The Morgan fingerprint density at radius 3 is 2.70 bits per heavy atom. The molecule has 0 radical (unpaired) electrons. The minimum atomic E-state index is -0.547. The van der Waals surface area contributed by atoms with E-state index in [0.717, 1.165) is 6.08 Å². The molecule has 0 atom stereocenters. The molecule has 0 aliphatic carbocycles. The van der Waals surface area contributed by atoms with Gasteiger partial charge in [0.15, 0.2) is 6.73 Å². The van der Waals surface area contributed by atoms with E-state index in [-0.39, 0.29) is 12.6 Å². The number of esters is 1. The summed E-state index contributed by atoms with van der Waals surface area (Å²) < 4.78 is 4.41. The number of carbonyl (C=O) groups is 2. The molecule has 0 fully saturated rings. The summed E-state index contributed by atoms with van der Waals surface area (Å²) in [6.07, 6.45) is 1.03. The van der Waals surface area contributed by atoms with Crippen molar-refractivity contribution in [2.75, 3.05) is 6.73 Å². The molecule has 1 amide bonds. The van der Waals surface area contributed by atoms with Crippen LogP contribution in [0.15, 0.2) is 12.7 Å². The average molecular weight is 143 g/mol. The number of ether oxygens (including phenoxy) is 1. The SMILES string of the molecule is C=CC(=O)OCNC(C)=O. The van der Waals surface area contributed by atoms with Crippen molar-refractivity contribution in [1.29, 1.82) is 0 Å². The lowest BCUT2D eigenvalue weighted by Gasteiger charge is -2.00. The highest BCUT2D eigenvalue weighted by molar-refractivity contribution is 5.81. The third-order valence-corrected chi connectivity index (χ3v) is 0.702. The van der Waals surface area contributed by atoms with Crippen LogP contribution in [0.4, 0.5) is 0 Å². The summed E-state index contributed by atoms with van der Waals surface area (Å²) in [6, 6.07) is 0. The smallest absolute Gasteiger partial charge is 0.331 e. The van der Waals surface area contributed by atoms with Crippen LogP contribution in [-0.2, 0) is 14.3 Å². The molecule has 4 heteroatoms. The van der Waals surface area contributed by atoms with Crippen molar-refractivity contribution < 1.29 is 14.3 Å². The molecule has 1 N–H and O–H groups in total. The van der Waals surface area contributed by atoms with Gasteiger partial charge in [-0.25, -0.2) is 4.79 Å². The van der Waals surface area contributed by atoms with Crippen LogP contribution in [0.5, 0.6) is 0 Å². The molecule has 0 aliphatic heterocycles. The Bertz CT molecular complexity index is 153. The Morgan fingerprint density at radius 1 is 1.70 bits per heavy atom. The van der Waals surface area contributed by atoms with Gasteiger partial charge in [-0.15, -0.1) is 0 Å². The van der Waals surface area contributed by atoms with E-state index < -0.39 is 5.97 Å². The summed E-state index contributed by atoms with van der Waals surface area (Å²) in [4.78, 5) is 20.5. The van der Waals surface area contributed by atoms with E-state index in [9.17, 15) is 9.59 Å². The predicted octanol–water partition coefficient (Wildman–Crippen LogP) is -0.191. The molecule has 0 spiro atoms. The number of nitrogens with one attached hydrogen (secondary N) is 1. The van der Waals surface area contributed by atoms with Crippen molar-refractivity contribution in [3.05, 3.63) is 12.7 Å². The van der Waals surface area contributed by atoms with Crippen LogP contribution in [0.2, 0.25) is 0 Å². The van der Waals surface area contributed by atoms with E-state index in [1.54, 1.807) is 0 Å². The van der Waals surface area contributed by atoms with Gasteiger partial charge < -0.3 is 10.1 Å². The minimum Gasteiger partial charge on any atom is -0.441 e. The van der Waals surface area contributed by atoms with Gasteiger partial charge in [0.1, 0.15) is 0 Å². The van der Waals surface area contributed by atoms with Gasteiger partial charge in [0, 0.05) is 13.0 Å². The molecule has 0 unspecified atom stereocenters. The van der Waals surface area contributed by atoms with Crippen LogP contribution in [0.1, 0.15) is 6.92 Å². The monoisotopic (exact) mass is 143 g/mol. The van der Waals surface area contributed by atoms with Crippen LogP contribution in [0.3, 0.4) is 0 Å². The molecule has 56 valence electrons. The number of amides is 1.